The van der Waals surface area contributed by atoms with Crippen molar-refractivity contribution < 1.29 is 102 Å². The summed E-state index contributed by atoms with van der Waals surface area (Å²) in [6.07, 6.45) is -5.97. The first-order chi connectivity index (χ1) is 70.2. The van der Waals surface area contributed by atoms with Crippen molar-refractivity contribution in [3.05, 3.63) is 337 Å². The Kier molecular flexibility index (Phi) is 32.3. The summed E-state index contributed by atoms with van der Waals surface area (Å²) < 4.78 is 164. The van der Waals surface area contributed by atoms with Crippen molar-refractivity contribution >= 4 is 67.8 Å². The first-order valence-electron chi connectivity index (χ1n) is 44.3. The smallest absolute Gasteiger partial charge is 0.422 e. The number of aliphatic hydroxyl groups excluding tert-OH is 2. The number of aryl methyl sites for hydroxylation is 5. The zero-order valence-corrected chi connectivity index (χ0v) is 77.5. The third kappa shape index (κ3) is 27.8. The lowest BCUT2D eigenvalue weighted by atomic mass is 10.1. The zero-order chi connectivity index (χ0) is 101. The van der Waals surface area contributed by atoms with E-state index < -0.39 is 42.0 Å². The average Bonchev–Trinajstić information content (AvgIpc) is 1.75. The van der Waals surface area contributed by atoms with Gasteiger partial charge in [-0.25, -0.2) is 66.5 Å². The lowest BCUT2D eigenvalue weighted by molar-refractivity contribution is -0.154. The summed E-state index contributed by atoms with van der Waals surface area (Å²) >= 11 is 0. The average molecular weight is 1980 g/mol. The van der Waals surface area contributed by atoms with E-state index in [1.54, 1.807) is 18.2 Å². The van der Waals surface area contributed by atoms with E-state index in [9.17, 15) is 35.1 Å². The van der Waals surface area contributed by atoms with E-state index in [-0.39, 0.29) is 94.0 Å². The number of benzene rings is 9. The van der Waals surface area contributed by atoms with E-state index in [0.29, 0.717) is 137 Å². The van der Waals surface area contributed by atoms with Crippen molar-refractivity contribution in [2.45, 2.75) is 98.8 Å². The van der Waals surface area contributed by atoms with Gasteiger partial charge in [-0.2, -0.15) is 56.2 Å². The molecule has 12 aromatic heterocycles. The van der Waals surface area contributed by atoms with Crippen molar-refractivity contribution in [1.82, 2.24) is 122 Å². The molecule has 0 fully saturated rings. The zero-order valence-electron chi connectivity index (χ0n) is 77.5. The molecule has 0 aliphatic heterocycles. The number of ether oxygens (including phenoxy) is 6. The molecular weight excluding hydrogens is 1900 g/mol. The van der Waals surface area contributed by atoms with Gasteiger partial charge in [-0.1, -0.05) is 205 Å². The molecule has 21 rings (SSSR count). The summed E-state index contributed by atoms with van der Waals surface area (Å²) in [4.78, 5) is 51.4. The Labute approximate surface area is 814 Å². The molecule has 0 amide bonds. The van der Waals surface area contributed by atoms with E-state index in [0.717, 1.165) is 51.1 Å². The molecule has 1 unspecified atom stereocenters. The second-order valence-electron chi connectivity index (χ2n) is 32.4. The van der Waals surface area contributed by atoms with Crippen LogP contribution < -0.4 is 28.4 Å². The van der Waals surface area contributed by atoms with Gasteiger partial charge in [-0.15, -0.1) is 0 Å². The third-order valence-electron chi connectivity index (χ3n) is 20.8. The minimum atomic E-state index is -4.55. The predicted octanol–water partition coefficient (Wildman–Crippen LogP) is 18.5. The Bertz CT molecular complexity index is 7860. The van der Waals surface area contributed by atoms with Gasteiger partial charge in [0.15, 0.2) is 18.2 Å². The number of aliphatic hydroxyl groups is 2. The normalized spacial score (nSPS) is 11.5. The minimum Gasteiger partial charge on any atom is -0.476 e. The summed E-state index contributed by atoms with van der Waals surface area (Å²) in [5, 5.41) is 61.9. The van der Waals surface area contributed by atoms with Crippen molar-refractivity contribution in [3.63, 3.8) is 0 Å². The second-order valence-corrected chi connectivity index (χ2v) is 32.4. The standard InChI is InChI=1S/C19H13F3N4O2.C18H13FN4O2.C18H14N4O2.C16H18N4O3.C15H16N4O3.C13H8F4N4O2/c1-11-2-4-12(5-3-11)10-15-18(24-17-16(23-15)25-28-26-17)27-14-8-6-13(7-9-14)19(20,21)22;1-11-6-8-12(9-7-11)10-14-18(21-17-16(20-14)22-25-23-17)24-15-5-3-2-4-13(15)19;1-12-7-9-13(10-8-12)11-15-18(23-14-5-3-2-4-6-14)20-17-16(19-15)21-24-22-17;1-10-3-5-12(6-4-10)7-13-16(22-9-11(2)8-21)18-15-14(17-13)19-23-20-15;1-10-3-5-11(6-4-10)9-12-15(21-8-2-7-20)17-14-13(16-12)18-22-19-14;14-8-4-2-1-3-7(8)5-9-12(22-6-13(15,16)17)19-11-10(18-9)20-23-21-11/h2-9H,10H2,1H3;2-9H,10H2,1H3;2-10H,11H2,1H3;3-6,11,21H,7-9H2,1-2H3;3-6,20H,2,7-9H2,1H3;1-4H,5-6H2. The molecule has 738 valence electrons. The number of rotatable bonds is 28. The first kappa shape index (κ1) is 100. The van der Waals surface area contributed by atoms with Gasteiger partial charge in [-0.3, -0.25) is 0 Å². The molecule has 0 aliphatic carbocycles. The highest BCUT2D eigenvalue weighted by atomic mass is 19.4. The van der Waals surface area contributed by atoms with E-state index in [4.69, 9.17) is 38.5 Å². The molecular formula is C99H82F8N24O14. The van der Waals surface area contributed by atoms with Crippen LogP contribution in [0.3, 0.4) is 0 Å². The highest BCUT2D eigenvalue weighted by molar-refractivity contribution is 5.69. The van der Waals surface area contributed by atoms with Gasteiger partial charge in [0, 0.05) is 64.1 Å². The van der Waals surface area contributed by atoms with Crippen LogP contribution in [0.4, 0.5) is 35.1 Å². The van der Waals surface area contributed by atoms with Gasteiger partial charge in [0.2, 0.25) is 103 Å². The Morgan fingerprint density at radius 2 is 0.586 bits per heavy atom. The maximum atomic E-state index is 13.9. The second kappa shape index (κ2) is 46.9. The summed E-state index contributed by atoms with van der Waals surface area (Å²) in [6, 6.07) is 66.2. The molecule has 0 aliphatic rings. The fourth-order valence-corrected chi connectivity index (χ4v) is 13.3. The monoisotopic (exact) mass is 1980 g/mol. The molecule has 0 spiro atoms. The molecule has 2 N–H and O–H groups in total. The van der Waals surface area contributed by atoms with E-state index in [1.165, 1.54) is 59.2 Å². The van der Waals surface area contributed by atoms with Crippen LogP contribution >= 0.6 is 0 Å². The number of para-hydroxylation sites is 2. The molecule has 145 heavy (non-hydrogen) atoms. The van der Waals surface area contributed by atoms with Crippen LogP contribution in [0.2, 0.25) is 0 Å². The molecule has 1 atom stereocenters. The highest BCUT2D eigenvalue weighted by Gasteiger charge is 2.32. The topological polar surface area (TPSA) is 484 Å². The minimum absolute atomic E-state index is 0.00236. The molecule has 0 bridgehead atoms. The number of aromatic nitrogens is 24. The van der Waals surface area contributed by atoms with Crippen LogP contribution in [0.5, 0.6) is 52.5 Å². The molecule has 0 saturated heterocycles. The van der Waals surface area contributed by atoms with Crippen LogP contribution in [0, 0.1) is 52.2 Å². The number of nitrogens with zero attached hydrogens (tertiary/aromatic N) is 24. The largest absolute Gasteiger partial charge is 0.476 e. The molecule has 0 saturated carbocycles. The van der Waals surface area contributed by atoms with Gasteiger partial charge < -0.3 is 38.6 Å². The Balaban J connectivity index is 0.000000125. The van der Waals surface area contributed by atoms with Crippen molar-refractivity contribution in [3.8, 4) is 52.5 Å². The van der Waals surface area contributed by atoms with Crippen LogP contribution in [-0.4, -0.2) is 171 Å². The molecule has 38 nitrogen and oxygen atoms in total. The van der Waals surface area contributed by atoms with Gasteiger partial charge in [0.05, 0.1) is 18.8 Å². The number of halogens is 8. The van der Waals surface area contributed by atoms with Gasteiger partial charge in [0.25, 0.3) is 0 Å². The highest BCUT2D eigenvalue weighted by Crippen LogP contribution is 2.36. The number of alkyl halides is 6. The van der Waals surface area contributed by atoms with Crippen LogP contribution in [0.15, 0.2) is 252 Å². The fraction of sp³-hybridized carbons (Fsp3) is 0.212. The third-order valence-corrected chi connectivity index (χ3v) is 20.8. The van der Waals surface area contributed by atoms with Crippen molar-refractivity contribution in [1.29, 1.82) is 0 Å². The molecule has 0 radical (unpaired) electrons. The Hall–Kier alpha value is -18.0. The SMILES string of the molecule is Cc1ccc(Cc2nc3nonc3nc2OCC(C)CO)cc1.Cc1ccc(Cc2nc3nonc3nc2OCCCO)cc1.Cc1ccc(Cc2nc3nonc3nc2Oc2ccc(C(F)(F)F)cc2)cc1.Cc1ccc(Cc2nc3nonc3nc2Oc2ccccc2)cc1.Cc1ccc(Cc2nc3nonc3nc2Oc2ccccc2F)cc1.Fc1ccccc1Cc1nc2nonc2nc1OCC(F)(F)F. The summed E-state index contributed by atoms with van der Waals surface area (Å²) in [6.45, 7) is 11.3. The number of hydrogen-bond donors (Lipinski definition) is 2. The van der Waals surface area contributed by atoms with Crippen LogP contribution in [0.25, 0.3) is 67.8 Å². The molecule has 12 heterocycles. The van der Waals surface area contributed by atoms with E-state index >= 15 is 0 Å². The van der Waals surface area contributed by atoms with E-state index in [2.05, 4.69) is 181 Å². The van der Waals surface area contributed by atoms with Gasteiger partial charge in [-0.05, 0) is 184 Å². The predicted molar refractivity (Wildman–Crippen MR) is 498 cm³/mol. The van der Waals surface area contributed by atoms with Gasteiger partial charge >= 0.3 is 12.4 Å². The fourth-order valence-electron chi connectivity index (χ4n) is 13.3. The Morgan fingerprint density at radius 1 is 0.297 bits per heavy atom. The van der Waals surface area contributed by atoms with Crippen LogP contribution in [0.1, 0.15) is 114 Å². The maximum absolute atomic E-state index is 13.9. The lowest BCUT2D eigenvalue weighted by Crippen LogP contribution is -2.20. The molecule has 21 aromatic rings. The van der Waals surface area contributed by atoms with Crippen molar-refractivity contribution in [2.24, 2.45) is 5.92 Å². The van der Waals surface area contributed by atoms with E-state index in [1.807, 2.05) is 162 Å². The quantitative estimate of drug-likeness (QED) is 0.0340. The first-order valence-corrected chi connectivity index (χ1v) is 44.3. The summed E-state index contributed by atoms with van der Waals surface area (Å²) in [5.74, 6) is 1.07. The summed E-state index contributed by atoms with van der Waals surface area (Å²) in [7, 11) is 0. The van der Waals surface area contributed by atoms with Crippen molar-refractivity contribution in [2.75, 3.05) is 33.0 Å². The summed E-state index contributed by atoms with van der Waals surface area (Å²) in [5.41, 5.74) is 16.5. The molecule has 46 heteroatoms. The maximum Gasteiger partial charge on any atom is 0.422 e. The number of hydrogen-bond acceptors (Lipinski definition) is 38. The molecule has 9 aromatic carbocycles. The lowest BCUT2D eigenvalue weighted by Gasteiger charge is -2.12. The Morgan fingerprint density at radius 3 is 0.917 bits per heavy atom. The number of fused-ring (bicyclic) bond motifs is 6. The van der Waals surface area contributed by atoms with Crippen LogP contribution in [-0.2, 0) is 44.7 Å². The van der Waals surface area contributed by atoms with Gasteiger partial charge in [0.1, 0.15) is 51.5 Å².